The lowest BCUT2D eigenvalue weighted by Crippen LogP contribution is -2.27. The molecule has 0 aliphatic carbocycles. The maximum atomic E-state index is 14.3. The van der Waals surface area contributed by atoms with Gasteiger partial charge in [-0.25, -0.2) is 9.98 Å². The quantitative estimate of drug-likeness (QED) is 0.367. The number of hydrogen-bond acceptors (Lipinski definition) is 5. The van der Waals surface area contributed by atoms with E-state index >= 15 is 0 Å². The summed E-state index contributed by atoms with van der Waals surface area (Å²) in [5.41, 5.74) is 5.86. The fourth-order valence-electron chi connectivity index (χ4n) is 2.43. The number of hydrogen-bond donors (Lipinski definition) is 2. The Labute approximate surface area is 178 Å². The highest BCUT2D eigenvalue weighted by atomic mass is 127. The van der Waals surface area contributed by atoms with Crippen molar-refractivity contribution in [3.8, 4) is 17.4 Å². The molecule has 1 aliphatic rings. The summed E-state index contributed by atoms with van der Waals surface area (Å²) in [6.07, 6.45) is 0.786. The zero-order valence-corrected chi connectivity index (χ0v) is 17.5. The predicted molar refractivity (Wildman–Crippen MR) is 112 cm³/mol. The Morgan fingerprint density at radius 3 is 2.75 bits per heavy atom. The number of nitrogens with two attached hydrogens (primary N) is 1. The van der Waals surface area contributed by atoms with Crippen molar-refractivity contribution >= 4 is 35.6 Å². The van der Waals surface area contributed by atoms with Gasteiger partial charge in [0.05, 0.1) is 20.3 Å². The van der Waals surface area contributed by atoms with Gasteiger partial charge in [-0.3, -0.25) is 0 Å². The van der Waals surface area contributed by atoms with Gasteiger partial charge in [0.2, 0.25) is 5.88 Å². The molecule has 152 valence electrons. The van der Waals surface area contributed by atoms with Crippen LogP contribution in [-0.4, -0.2) is 37.8 Å². The van der Waals surface area contributed by atoms with E-state index in [2.05, 4.69) is 15.3 Å². The summed E-state index contributed by atoms with van der Waals surface area (Å²) in [6, 6.07) is 9.26. The molecule has 3 N–H and O–H groups in total. The van der Waals surface area contributed by atoms with Crippen molar-refractivity contribution in [2.45, 2.75) is 12.3 Å². The van der Waals surface area contributed by atoms with Crippen LogP contribution in [0.2, 0.25) is 0 Å². The van der Waals surface area contributed by atoms with Gasteiger partial charge in [-0.05, 0) is 18.2 Å². The van der Waals surface area contributed by atoms with Crippen LogP contribution in [0.25, 0.3) is 0 Å². The Morgan fingerprint density at radius 2 is 2.00 bits per heavy atom. The molecule has 10 heteroatoms. The number of pyridine rings is 1. The second kappa shape index (κ2) is 9.71. The minimum Gasteiger partial charge on any atom is -0.490 e. The number of guanidine groups is 1. The summed E-state index contributed by atoms with van der Waals surface area (Å²) >= 11 is 0. The largest absolute Gasteiger partial charge is 0.490 e. The molecule has 1 aromatic carbocycles. The summed E-state index contributed by atoms with van der Waals surface area (Å²) in [5, 5.41) is 2.77. The van der Waals surface area contributed by atoms with Crippen molar-refractivity contribution in [1.82, 2.24) is 4.98 Å². The van der Waals surface area contributed by atoms with Gasteiger partial charge in [0, 0.05) is 24.2 Å². The van der Waals surface area contributed by atoms with Gasteiger partial charge in [0.25, 0.3) is 0 Å². The molecule has 1 aromatic heterocycles. The van der Waals surface area contributed by atoms with Gasteiger partial charge < -0.3 is 25.3 Å². The molecular weight excluding hydrogens is 485 g/mol. The molecule has 0 atom stereocenters. The number of rotatable bonds is 5. The first-order valence-corrected chi connectivity index (χ1v) is 8.34. The number of nitrogens with zero attached hydrogens (tertiary/aromatic N) is 2. The van der Waals surface area contributed by atoms with Gasteiger partial charge in [-0.1, -0.05) is 6.07 Å². The summed E-state index contributed by atoms with van der Waals surface area (Å²) < 4.78 is 44.6. The number of nitrogens with one attached hydrogen (secondary N) is 1. The number of methoxy groups -OCH3 is 1. The minimum absolute atomic E-state index is 0. The molecule has 28 heavy (non-hydrogen) atoms. The van der Waals surface area contributed by atoms with E-state index in [0.29, 0.717) is 30.4 Å². The molecule has 0 fully saturated rings. The summed E-state index contributed by atoms with van der Waals surface area (Å²) in [6.45, 7) is 0.271. The van der Waals surface area contributed by atoms with E-state index in [1.807, 2.05) is 0 Å². The number of anilines is 1. The zero-order valence-electron chi connectivity index (χ0n) is 15.2. The van der Waals surface area contributed by atoms with E-state index in [0.717, 1.165) is 6.42 Å². The second-order valence-corrected chi connectivity index (χ2v) is 5.81. The van der Waals surface area contributed by atoms with Crippen LogP contribution in [0.1, 0.15) is 12.1 Å². The third kappa shape index (κ3) is 5.57. The molecule has 0 saturated carbocycles. The monoisotopic (exact) mass is 506 g/mol. The Hall–Kier alpha value is -2.37. The first kappa shape index (κ1) is 21.9. The first-order valence-electron chi connectivity index (χ1n) is 8.34. The van der Waals surface area contributed by atoms with Crippen molar-refractivity contribution in [3.63, 3.8) is 0 Å². The van der Waals surface area contributed by atoms with Gasteiger partial charge in [0.15, 0.2) is 17.5 Å². The topological polar surface area (TPSA) is 91.0 Å². The first-order chi connectivity index (χ1) is 13.0. The molecule has 2 heterocycles. The summed E-state index contributed by atoms with van der Waals surface area (Å²) in [7, 11) is 1.36. The zero-order chi connectivity index (χ0) is 19.3. The molecular formula is C18H21F2IN4O3. The number of aromatic nitrogens is 1. The molecule has 2 aromatic rings. The van der Waals surface area contributed by atoms with Gasteiger partial charge in [0.1, 0.15) is 12.2 Å². The van der Waals surface area contributed by atoms with Crippen molar-refractivity contribution in [2.75, 3.05) is 32.2 Å². The van der Waals surface area contributed by atoms with Crippen LogP contribution in [0, 0.1) is 0 Å². The average Bonchev–Trinajstić information content (AvgIpc) is 2.91. The third-order valence-corrected chi connectivity index (χ3v) is 3.78. The maximum absolute atomic E-state index is 14.3. The lowest BCUT2D eigenvalue weighted by molar-refractivity contribution is 0.00147. The fourth-order valence-corrected chi connectivity index (χ4v) is 2.43. The summed E-state index contributed by atoms with van der Waals surface area (Å²) in [4.78, 5) is 7.48. The molecule has 0 radical (unpaired) electrons. The SMILES string of the molecule is COc1cccc(C(F)(F)CN=C(N)Nc2ccc3c(c2)OCCCO3)n1.I. The van der Waals surface area contributed by atoms with Gasteiger partial charge >= 0.3 is 5.92 Å². The van der Waals surface area contributed by atoms with Crippen LogP contribution in [-0.2, 0) is 5.92 Å². The van der Waals surface area contributed by atoms with Crippen molar-refractivity contribution in [1.29, 1.82) is 0 Å². The lowest BCUT2D eigenvalue weighted by atomic mass is 10.2. The molecule has 0 amide bonds. The lowest BCUT2D eigenvalue weighted by Gasteiger charge is -2.15. The Kier molecular flexibility index (Phi) is 7.61. The summed E-state index contributed by atoms with van der Waals surface area (Å²) in [5.74, 6) is -2.13. The molecule has 0 spiro atoms. The maximum Gasteiger partial charge on any atom is 0.309 e. The van der Waals surface area contributed by atoms with Crippen LogP contribution in [0.4, 0.5) is 14.5 Å². The van der Waals surface area contributed by atoms with E-state index in [4.69, 9.17) is 19.9 Å². The highest BCUT2D eigenvalue weighted by Gasteiger charge is 2.33. The van der Waals surface area contributed by atoms with Gasteiger partial charge in [-0.2, -0.15) is 8.78 Å². The van der Waals surface area contributed by atoms with E-state index in [9.17, 15) is 8.78 Å². The molecule has 3 rings (SSSR count). The molecule has 0 bridgehead atoms. The number of aliphatic imine (C=N–C) groups is 1. The number of fused-ring (bicyclic) bond motifs is 1. The van der Waals surface area contributed by atoms with Gasteiger partial charge in [-0.15, -0.1) is 24.0 Å². The highest BCUT2D eigenvalue weighted by Crippen LogP contribution is 2.32. The van der Waals surface area contributed by atoms with Crippen LogP contribution >= 0.6 is 24.0 Å². The Balaban J connectivity index is 0.00000280. The van der Waals surface area contributed by atoms with Crippen LogP contribution < -0.4 is 25.3 Å². The van der Waals surface area contributed by atoms with Crippen LogP contribution in [0.5, 0.6) is 17.4 Å². The predicted octanol–water partition coefficient (Wildman–Crippen LogP) is 3.39. The number of halogens is 3. The van der Waals surface area contributed by atoms with Crippen molar-refractivity contribution in [2.24, 2.45) is 10.7 Å². The smallest absolute Gasteiger partial charge is 0.309 e. The molecule has 1 aliphatic heterocycles. The van der Waals surface area contributed by atoms with E-state index in [-0.39, 0.29) is 35.8 Å². The fraction of sp³-hybridized carbons (Fsp3) is 0.333. The second-order valence-electron chi connectivity index (χ2n) is 5.81. The standard InChI is InChI=1S/C18H20F2N4O3.HI/c1-25-16-5-2-4-15(24-16)18(19,20)11-22-17(21)23-12-6-7-13-14(10-12)27-9-3-8-26-13;/h2,4-7,10H,3,8-9,11H2,1H3,(H3,21,22,23);1H. The number of ether oxygens (including phenoxy) is 3. The normalized spacial score (nSPS) is 13.9. The van der Waals surface area contributed by atoms with E-state index in [1.54, 1.807) is 18.2 Å². The van der Waals surface area contributed by atoms with E-state index < -0.39 is 18.2 Å². The van der Waals surface area contributed by atoms with E-state index in [1.165, 1.54) is 25.3 Å². The van der Waals surface area contributed by atoms with Crippen LogP contribution in [0.15, 0.2) is 41.4 Å². The molecule has 0 saturated heterocycles. The van der Waals surface area contributed by atoms with Crippen molar-refractivity contribution in [3.05, 3.63) is 42.1 Å². The Morgan fingerprint density at radius 1 is 1.25 bits per heavy atom. The Bertz CT molecular complexity index is 836. The molecule has 7 nitrogen and oxygen atoms in total. The van der Waals surface area contributed by atoms with Crippen LogP contribution in [0.3, 0.4) is 0 Å². The number of benzene rings is 1. The molecule has 0 unspecified atom stereocenters. The average molecular weight is 506 g/mol. The highest BCUT2D eigenvalue weighted by molar-refractivity contribution is 14.0. The van der Waals surface area contributed by atoms with Crippen molar-refractivity contribution < 1.29 is 23.0 Å². The number of alkyl halides is 2. The minimum atomic E-state index is -3.29. The third-order valence-electron chi connectivity index (χ3n) is 3.78.